The van der Waals surface area contributed by atoms with Crippen LogP contribution in [0.25, 0.3) is 0 Å². The van der Waals surface area contributed by atoms with Crippen LogP contribution in [0.3, 0.4) is 0 Å². The van der Waals surface area contributed by atoms with Gasteiger partial charge in [-0.05, 0) is 18.0 Å². The molecule has 5 nitrogen and oxygen atoms in total. The van der Waals surface area contributed by atoms with Crippen molar-refractivity contribution < 1.29 is 21.6 Å². The van der Waals surface area contributed by atoms with Gasteiger partial charge in [0.05, 0.1) is 12.4 Å². The van der Waals surface area contributed by atoms with Crippen LogP contribution in [-0.2, 0) is 10.0 Å². The summed E-state index contributed by atoms with van der Waals surface area (Å²) < 4.78 is 61.5. The molecule has 0 N–H and O–H groups in total. The van der Waals surface area contributed by atoms with Crippen LogP contribution in [0.15, 0.2) is 17.3 Å². The molecule has 0 spiro atoms. The molecule has 0 fully saturated rings. The zero-order chi connectivity index (χ0) is 14.7. The second-order valence-electron chi connectivity index (χ2n) is 3.64. The summed E-state index contributed by atoms with van der Waals surface area (Å²) in [6.45, 7) is -0.215. The first-order valence-corrected chi connectivity index (χ1v) is 7.03. The Morgan fingerprint density at radius 3 is 2.26 bits per heavy atom. The quantitative estimate of drug-likeness (QED) is 0.780. The molecule has 0 aliphatic carbocycles. The van der Waals surface area contributed by atoms with Crippen molar-refractivity contribution in [1.29, 1.82) is 0 Å². The standard InChI is InChI=1S/C9H11ClF3N3O2S/c1-2-3-16(6-9(11,12)13)19(17,18)7-4-14-8(10)15-5-7/h4-5H,2-3,6H2,1H3. The average molecular weight is 318 g/mol. The molecule has 0 aliphatic heterocycles. The minimum Gasteiger partial charge on any atom is -0.225 e. The van der Waals surface area contributed by atoms with Gasteiger partial charge in [0.1, 0.15) is 11.4 Å². The summed E-state index contributed by atoms with van der Waals surface area (Å²) in [6, 6.07) is 0. The molecule has 0 aromatic carbocycles. The topological polar surface area (TPSA) is 63.2 Å². The maximum atomic E-state index is 12.4. The van der Waals surface area contributed by atoms with E-state index >= 15 is 0 Å². The first-order valence-electron chi connectivity index (χ1n) is 5.21. The Bertz CT molecular complexity index is 519. The SMILES string of the molecule is CCCN(CC(F)(F)F)S(=O)(=O)c1cnc(Cl)nc1. The first-order chi connectivity index (χ1) is 8.66. The fraction of sp³-hybridized carbons (Fsp3) is 0.556. The van der Waals surface area contributed by atoms with Crippen molar-refractivity contribution in [3.63, 3.8) is 0 Å². The Labute approximate surface area is 113 Å². The largest absolute Gasteiger partial charge is 0.402 e. The first kappa shape index (κ1) is 16.1. The van der Waals surface area contributed by atoms with Crippen molar-refractivity contribution >= 4 is 21.6 Å². The van der Waals surface area contributed by atoms with Crippen molar-refractivity contribution in [2.24, 2.45) is 0 Å². The molecule has 1 aromatic rings. The second-order valence-corrected chi connectivity index (χ2v) is 5.92. The predicted molar refractivity (Wildman–Crippen MR) is 62.1 cm³/mol. The summed E-state index contributed by atoms with van der Waals surface area (Å²) in [6.07, 6.45) is -2.60. The predicted octanol–water partition coefficient (Wildman–Crippen LogP) is 2.09. The number of hydrogen-bond acceptors (Lipinski definition) is 4. The molecule has 108 valence electrons. The lowest BCUT2D eigenvalue weighted by molar-refractivity contribution is -0.136. The van der Waals surface area contributed by atoms with Crippen molar-refractivity contribution in [3.8, 4) is 0 Å². The summed E-state index contributed by atoms with van der Waals surface area (Å²) in [7, 11) is -4.28. The van der Waals surface area contributed by atoms with Crippen LogP contribution in [0.1, 0.15) is 13.3 Å². The Kier molecular flexibility index (Phi) is 5.11. The van der Waals surface area contributed by atoms with E-state index in [0.29, 0.717) is 4.31 Å². The van der Waals surface area contributed by atoms with Gasteiger partial charge in [0.25, 0.3) is 0 Å². The lowest BCUT2D eigenvalue weighted by atomic mass is 10.5. The molecule has 19 heavy (non-hydrogen) atoms. The van der Waals surface area contributed by atoms with Gasteiger partial charge in [0, 0.05) is 6.54 Å². The molecule has 0 saturated carbocycles. The average Bonchev–Trinajstić information content (AvgIpc) is 2.27. The minimum absolute atomic E-state index is 0.184. The smallest absolute Gasteiger partial charge is 0.225 e. The van der Waals surface area contributed by atoms with Gasteiger partial charge in [-0.1, -0.05) is 6.92 Å². The van der Waals surface area contributed by atoms with Gasteiger partial charge in [-0.3, -0.25) is 0 Å². The third kappa shape index (κ3) is 4.59. The van der Waals surface area contributed by atoms with Crippen LogP contribution in [0.5, 0.6) is 0 Å². The maximum absolute atomic E-state index is 12.4. The Morgan fingerprint density at radius 1 is 1.32 bits per heavy atom. The van der Waals surface area contributed by atoms with Crippen molar-refractivity contribution in [2.45, 2.75) is 24.4 Å². The van der Waals surface area contributed by atoms with E-state index in [-0.39, 0.29) is 18.2 Å². The summed E-state index contributed by atoms with van der Waals surface area (Å²) in [5.74, 6) is 0. The second kappa shape index (κ2) is 6.02. The van der Waals surface area contributed by atoms with Gasteiger partial charge in [-0.25, -0.2) is 18.4 Å². The summed E-state index contributed by atoms with van der Waals surface area (Å²) >= 11 is 5.40. The summed E-state index contributed by atoms with van der Waals surface area (Å²) in [5, 5.41) is -0.184. The van der Waals surface area contributed by atoms with Crippen LogP contribution < -0.4 is 0 Å². The molecule has 0 amide bonds. The van der Waals surface area contributed by atoms with Gasteiger partial charge in [-0.15, -0.1) is 0 Å². The fourth-order valence-corrected chi connectivity index (χ4v) is 2.82. The molecule has 0 bridgehead atoms. The summed E-state index contributed by atoms with van der Waals surface area (Å²) in [5.41, 5.74) is 0. The Hall–Kier alpha value is -0.930. The molecular weight excluding hydrogens is 307 g/mol. The number of sulfonamides is 1. The molecule has 0 saturated heterocycles. The van der Waals surface area contributed by atoms with Gasteiger partial charge in [0.15, 0.2) is 0 Å². The number of nitrogens with zero attached hydrogens (tertiary/aromatic N) is 3. The fourth-order valence-electron chi connectivity index (χ4n) is 1.32. The number of halogens is 4. The number of rotatable bonds is 5. The highest BCUT2D eigenvalue weighted by molar-refractivity contribution is 7.89. The van der Waals surface area contributed by atoms with Crippen molar-refractivity contribution in [2.75, 3.05) is 13.1 Å². The van der Waals surface area contributed by atoms with Crippen molar-refractivity contribution in [3.05, 3.63) is 17.7 Å². The van der Waals surface area contributed by atoms with Crippen LogP contribution >= 0.6 is 11.6 Å². The Balaban J connectivity index is 3.09. The zero-order valence-corrected chi connectivity index (χ0v) is 11.4. The van der Waals surface area contributed by atoms with E-state index in [1.54, 1.807) is 6.92 Å². The van der Waals surface area contributed by atoms with Gasteiger partial charge in [0.2, 0.25) is 15.3 Å². The van der Waals surface area contributed by atoms with Crippen LogP contribution in [0.2, 0.25) is 5.28 Å². The van der Waals surface area contributed by atoms with Crippen molar-refractivity contribution in [1.82, 2.24) is 14.3 Å². The number of aromatic nitrogens is 2. The maximum Gasteiger partial charge on any atom is 0.402 e. The van der Waals surface area contributed by atoms with Crippen LogP contribution in [0, 0.1) is 0 Å². The molecule has 10 heteroatoms. The zero-order valence-electron chi connectivity index (χ0n) is 9.85. The highest BCUT2D eigenvalue weighted by Crippen LogP contribution is 2.22. The van der Waals surface area contributed by atoms with Gasteiger partial charge < -0.3 is 0 Å². The molecule has 1 heterocycles. The third-order valence-corrected chi connectivity index (χ3v) is 4.06. The van der Waals surface area contributed by atoms with E-state index in [2.05, 4.69) is 9.97 Å². The summed E-state index contributed by atoms with van der Waals surface area (Å²) in [4.78, 5) is 6.48. The molecule has 0 aliphatic rings. The van der Waals surface area contributed by atoms with E-state index in [4.69, 9.17) is 11.6 Å². The molecule has 0 radical (unpaired) electrons. The Morgan fingerprint density at radius 2 is 1.84 bits per heavy atom. The lowest BCUT2D eigenvalue weighted by Crippen LogP contribution is -2.39. The highest BCUT2D eigenvalue weighted by atomic mass is 35.5. The third-order valence-electron chi connectivity index (χ3n) is 2.06. The highest BCUT2D eigenvalue weighted by Gasteiger charge is 2.36. The monoisotopic (exact) mass is 317 g/mol. The van der Waals surface area contributed by atoms with Crippen LogP contribution in [-0.4, -0.2) is 42.0 Å². The van der Waals surface area contributed by atoms with E-state index in [0.717, 1.165) is 12.4 Å². The molecule has 1 aromatic heterocycles. The lowest BCUT2D eigenvalue weighted by Gasteiger charge is -2.22. The van der Waals surface area contributed by atoms with E-state index in [9.17, 15) is 21.6 Å². The molecular formula is C9H11ClF3N3O2S. The molecule has 1 rings (SSSR count). The number of alkyl halides is 3. The number of hydrogen-bond donors (Lipinski definition) is 0. The molecule has 0 unspecified atom stereocenters. The van der Waals surface area contributed by atoms with E-state index in [1.807, 2.05) is 0 Å². The van der Waals surface area contributed by atoms with Gasteiger partial charge >= 0.3 is 6.18 Å². The van der Waals surface area contributed by atoms with E-state index < -0.39 is 27.6 Å². The normalized spacial score (nSPS) is 12.9. The molecule has 0 atom stereocenters. The van der Waals surface area contributed by atoms with E-state index in [1.165, 1.54) is 0 Å². The van der Waals surface area contributed by atoms with Gasteiger partial charge in [-0.2, -0.15) is 17.5 Å². The minimum atomic E-state index is -4.62. The van der Waals surface area contributed by atoms with Crippen LogP contribution in [0.4, 0.5) is 13.2 Å².